The Hall–Kier alpha value is -1.10. The highest BCUT2D eigenvalue weighted by molar-refractivity contribution is 5.82. The average Bonchev–Trinajstić information content (AvgIpc) is 2.46. The zero-order valence-corrected chi connectivity index (χ0v) is 7.69. The maximum absolute atomic E-state index is 11.2. The maximum atomic E-state index is 11.2. The highest BCUT2D eigenvalue weighted by atomic mass is 16.5. The first-order valence-electron chi connectivity index (χ1n) is 4.05. The van der Waals surface area contributed by atoms with E-state index in [0.717, 1.165) is 0 Å². The number of esters is 1. The van der Waals surface area contributed by atoms with Gasteiger partial charge in [-0.15, -0.1) is 0 Å². The summed E-state index contributed by atoms with van der Waals surface area (Å²) >= 11 is 0. The van der Waals surface area contributed by atoms with Crippen LogP contribution in [0.5, 0.6) is 0 Å². The van der Waals surface area contributed by atoms with Crippen LogP contribution in [0, 0.1) is 11.8 Å². The molecule has 1 rings (SSSR count). The van der Waals surface area contributed by atoms with Crippen LogP contribution in [0.4, 0.5) is 0 Å². The largest absolute Gasteiger partial charge is 0.481 e. The van der Waals surface area contributed by atoms with Crippen LogP contribution in [0.15, 0.2) is 0 Å². The number of hydrogen-bond donors (Lipinski definition) is 1. The van der Waals surface area contributed by atoms with Gasteiger partial charge in [0.05, 0.1) is 18.9 Å². The van der Waals surface area contributed by atoms with Gasteiger partial charge in [-0.1, -0.05) is 0 Å². The van der Waals surface area contributed by atoms with Gasteiger partial charge in [0, 0.05) is 13.1 Å². The van der Waals surface area contributed by atoms with E-state index in [2.05, 4.69) is 4.74 Å². The fourth-order valence-electron chi connectivity index (χ4n) is 1.64. The molecule has 0 radical (unpaired) electrons. The summed E-state index contributed by atoms with van der Waals surface area (Å²) in [6, 6.07) is 0. The van der Waals surface area contributed by atoms with E-state index in [1.165, 1.54) is 7.11 Å². The van der Waals surface area contributed by atoms with E-state index in [1.807, 2.05) is 4.90 Å². The van der Waals surface area contributed by atoms with E-state index in [-0.39, 0.29) is 0 Å². The molecule has 0 unspecified atom stereocenters. The van der Waals surface area contributed by atoms with E-state index in [4.69, 9.17) is 5.11 Å². The number of hydrogen-bond acceptors (Lipinski definition) is 4. The number of carboxylic acid groups (broad SMARTS) is 1. The van der Waals surface area contributed by atoms with Gasteiger partial charge >= 0.3 is 11.9 Å². The third-order valence-electron chi connectivity index (χ3n) is 2.32. The van der Waals surface area contributed by atoms with Crippen molar-refractivity contribution in [3.8, 4) is 0 Å². The molecule has 0 aromatic carbocycles. The van der Waals surface area contributed by atoms with Crippen molar-refractivity contribution in [2.24, 2.45) is 11.8 Å². The molecule has 5 nitrogen and oxygen atoms in total. The first kappa shape index (κ1) is 9.98. The molecular weight excluding hydrogens is 174 g/mol. The fourth-order valence-corrected chi connectivity index (χ4v) is 1.64. The normalized spacial score (nSPS) is 28.8. The number of likely N-dealkylation sites (tertiary alicyclic amines) is 1. The van der Waals surface area contributed by atoms with Crippen molar-refractivity contribution in [1.29, 1.82) is 0 Å². The Balaban J connectivity index is 2.71. The van der Waals surface area contributed by atoms with Gasteiger partial charge in [0.2, 0.25) is 0 Å². The summed E-state index contributed by atoms with van der Waals surface area (Å²) in [4.78, 5) is 23.7. The Morgan fingerprint density at radius 1 is 1.38 bits per heavy atom. The van der Waals surface area contributed by atoms with E-state index < -0.39 is 23.8 Å². The summed E-state index contributed by atoms with van der Waals surface area (Å²) in [5, 5.41) is 8.81. The predicted octanol–water partition coefficient (Wildman–Crippen LogP) is -0.578. The Labute approximate surface area is 76.3 Å². The van der Waals surface area contributed by atoms with E-state index >= 15 is 0 Å². The van der Waals surface area contributed by atoms with Crippen LogP contribution in [0.3, 0.4) is 0 Å². The third-order valence-corrected chi connectivity index (χ3v) is 2.32. The van der Waals surface area contributed by atoms with Gasteiger partial charge in [-0.05, 0) is 7.05 Å². The molecule has 1 N–H and O–H groups in total. The van der Waals surface area contributed by atoms with Gasteiger partial charge in [0.1, 0.15) is 0 Å². The second kappa shape index (κ2) is 3.74. The van der Waals surface area contributed by atoms with Gasteiger partial charge in [0.25, 0.3) is 0 Å². The Morgan fingerprint density at radius 3 is 2.38 bits per heavy atom. The average molecular weight is 187 g/mol. The van der Waals surface area contributed by atoms with Crippen LogP contribution in [0.2, 0.25) is 0 Å². The number of carboxylic acids is 1. The predicted molar refractivity (Wildman–Crippen MR) is 44.1 cm³/mol. The van der Waals surface area contributed by atoms with Gasteiger partial charge in [-0.25, -0.2) is 0 Å². The molecular formula is C8H13NO4. The standard InChI is InChI=1S/C8H13NO4/c1-9-3-5(7(10)11)6(4-9)8(12)13-2/h5-6H,3-4H2,1-2H3,(H,10,11)/t5-,6-/m0/s1. The van der Waals surface area contributed by atoms with Crippen LogP contribution in [-0.2, 0) is 14.3 Å². The number of ether oxygens (including phenoxy) is 1. The topological polar surface area (TPSA) is 66.8 Å². The molecule has 1 saturated heterocycles. The Morgan fingerprint density at radius 2 is 1.92 bits per heavy atom. The SMILES string of the molecule is COC(=O)[C@H]1CN(C)C[C@@H]1C(=O)O. The molecule has 5 heteroatoms. The maximum Gasteiger partial charge on any atom is 0.310 e. The second-order valence-electron chi connectivity index (χ2n) is 3.30. The molecule has 1 heterocycles. The highest BCUT2D eigenvalue weighted by Crippen LogP contribution is 2.23. The number of aliphatic carboxylic acids is 1. The van der Waals surface area contributed by atoms with Crippen molar-refractivity contribution < 1.29 is 19.4 Å². The minimum absolute atomic E-state index is 0.412. The third kappa shape index (κ3) is 1.98. The smallest absolute Gasteiger partial charge is 0.310 e. The summed E-state index contributed by atoms with van der Waals surface area (Å²) in [6.45, 7) is 0.874. The molecule has 1 aliphatic heterocycles. The van der Waals surface area contributed by atoms with Gasteiger partial charge in [0.15, 0.2) is 0 Å². The van der Waals surface area contributed by atoms with Gasteiger partial charge in [-0.2, -0.15) is 0 Å². The zero-order valence-electron chi connectivity index (χ0n) is 7.69. The molecule has 2 atom stereocenters. The van der Waals surface area contributed by atoms with Crippen LogP contribution in [0.1, 0.15) is 0 Å². The summed E-state index contributed by atoms with van der Waals surface area (Å²) < 4.78 is 4.53. The van der Waals surface area contributed by atoms with E-state index in [1.54, 1.807) is 7.05 Å². The summed E-state index contributed by atoms with van der Waals surface area (Å²) in [7, 11) is 3.07. The molecule has 1 aliphatic rings. The molecule has 0 saturated carbocycles. The lowest BCUT2D eigenvalue weighted by Gasteiger charge is -2.10. The molecule has 0 aliphatic carbocycles. The van der Waals surface area contributed by atoms with Crippen LogP contribution in [0.25, 0.3) is 0 Å². The minimum Gasteiger partial charge on any atom is -0.481 e. The van der Waals surface area contributed by atoms with Crippen molar-refractivity contribution in [3.05, 3.63) is 0 Å². The van der Waals surface area contributed by atoms with Crippen molar-refractivity contribution in [3.63, 3.8) is 0 Å². The lowest BCUT2D eigenvalue weighted by molar-refractivity contribution is -0.153. The van der Waals surface area contributed by atoms with Crippen LogP contribution < -0.4 is 0 Å². The zero-order chi connectivity index (χ0) is 10.0. The molecule has 0 bridgehead atoms. The fraction of sp³-hybridized carbons (Fsp3) is 0.750. The quantitative estimate of drug-likeness (QED) is 0.586. The summed E-state index contributed by atoms with van der Waals surface area (Å²) in [5.74, 6) is -2.51. The number of methoxy groups -OCH3 is 1. The van der Waals surface area contributed by atoms with E-state index in [9.17, 15) is 9.59 Å². The van der Waals surface area contributed by atoms with Crippen LogP contribution >= 0.6 is 0 Å². The molecule has 0 aromatic heterocycles. The molecule has 13 heavy (non-hydrogen) atoms. The van der Waals surface area contributed by atoms with Crippen molar-refractivity contribution >= 4 is 11.9 Å². The van der Waals surface area contributed by atoms with Crippen LogP contribution in [-0.4, -0.2) is 49.2 Å². The Kier molecular flexibility index (Phi) is 2.87. The van der Waals surface area contributed by atoms with Crippen molar-refractivity contribution in [2.45, 2.75) is 0 Å². The Bertz CT molecular complexity index is 228. The van der Waals surface area contributed by atoms with Gasteiger partial charge < -0.3 is 14.7 Å². The van der Waals surface area contributed by atoms with E-state index in [0.29, 0.717) is 13.1 Å². The van der Waals surface area contributed by atoms with Gasteiger partial charge in [-0.3, -0.25) is 9.59 Å². The molecule has 0 amide bonds. The summed E-state index contributed by atoms with van der Waals surface area (Å²) in [5.41, 5.74) is 0. The minimum atomic E-state index is -0.931. The first-order chi connectivity index (χ1) is 6.06. The van der Waals surface area contributed by atoms with Crippen molar-refractivity contribution in [2.75, 3.05) is 27.2 Å². The molecule has 0 spiro atoms. The summed E-state index contributed by atoms with van der Waals surface area (Å²) in [6.07, 6.45) is 0. The highest BCUT2D eigenvalue weighted by Gasteiger charge is 2.41. The number of rotatable bonds is 2. The number of nitrogens with zero attached hydrogens (tertiary/aromatic N) is 1. The molecule has 0 aromatic rings. The molecule has 74 valence electrons. The first-order valence-corrected chi connectivity index (χ1v) is 4.05. The second-order valence-corrected chi connectivity index (χ2v) is 3.30. The van der Waals surface area contributed by atoms with Crippen molar-refractivity contribution in [1.82, 2.24) is 4.90 Å². The monoisotopic (exact) mass is 187 g/mol. The lowest BCUT2D eigenvalue weighted by atomic mass is 9.97. The molecule has 1 fully saturated rings. The number of carbonyl (C=O) groups excluding carboxylic acids is 1. The lowest BCUT2D eigenvalue weighted by Crippen LogP contribution is -2.29. The number of carbonyl (C=O) groups is 2.